The second kappa shape index (κ2) is 12.2. The van der Waals surface area contributed by atoms with Crippen molar-refractivity contribution in [3.05, 3.63) is 48.0 Å². The number of aliphatic imine (C=N–C) groups is 1. The van der Waals surface area contributed by atoms with E-state index in [4.69, 9.17) is 19.9 Å². The molecular weight excluding hydrogens is 404 g/mol. The molecule has 7 heteroatoms. The smallest absolute Gasteiger partial charge is 0.193 e. The molecule has 0 bridgehead atoms. The third-order valence-electron chi connectivity index (χ3n) is 5.62. The molecule has 1 heterocycles. The largest absolute Gasteiger partial charge is 0.497 e. The molecule has 0 aromatic heterocycles. The summed E-state index contributed by atoms with van der Waals surface area (Å²) >= 11 is 0. The molecule has 0 saturated carbocycles. The number of benzene rings is 2. The monoisotopic (exact) mass is 440 g/mol. The van der Waals surface area contributed by atoms with Gasteiger partial charge in [-0.15, -0.1) is 0 Å². The van der Waals surface area contributed by atoms with E-state index in [0.29, 0.717) is 25.1 Å². The molecule has 0 atom stereocenters. The van der Waals surface area contributed by atoms with Gasteiger partial charge in [0.2, 0.25) is 0 Å². The summed E-state index contributed by atoms with van der Waals surface area (Å²) in [6.45, 7) is 8.95. The zero-order valence-corrected chi connectivity index (χ0v) is 19.5. The highest BCUT2D eigenvalue weighted by molar-refractivity contribution is 5.94. The molecule has 0 radical (unpaired) electrons. The molecule has 0 amide bonds. The molecule has 3 N–H and O–H groups in total. The average molecular weight is 441 g/mol. The molecule has 174 valence electrons. The first-order valence-corrected chi connectivity index (χ1v) is 11.4. The van der Waals surface area contributed by atoms with Gasteiger partial charge in [-0.2, -0.15) is 0 Å². The summed E-state index contributed by atoms with van der Waals surface area (Å²) in [5.41, 5.74) is 8.27. The highest BCUT2D eigenvalue weighted by Gasteiger charge is 2.19. The van der Waals surface area contributed by atoms with Gasteiger partial charge in [-0.05, 0) is 75.5 Å². The number of likely N-dealkylation sites (tertiary alicyclic amines) is 1. The van der Waals surface area contributed by atoms with Gasteiger partial charge in [-0.25, -0.2) is 0 Å². The van der Waals surface area contributed by atoms with Crippen LogP contribution in [0.2, 0.25) is 0 Å². The van der Waals surface area contributed by atoms with Gasteiger partial charge in [-0.3, -0.25) is 9.89 Å². The lowest BCUT2D eigenvalue weighted by molar-refractivity contribution is 0.180. The zero-order valence-electron chi connectivity index (χ0n) is 19.5. The van der Waals surface area contributed by atoms with Crippen LogP contribution in [0, 0.1) is 5.92 Å². The summed E-state index contributed by atoms with van der Waals surface area (Å²) in [5.74, 6) is 3.36. The Balaban J connectivity index is 1.49. The van der Waals surface area contributed by atoms with Gasteiger partial charge in [0.1, 0.15) is 17.2 Å². The van der Waals surface area contributed by atoms with E-state index >= 15 is 0 Å². The quantitative estimate of drug-likeness (QED) is 0.427. The molecule has 1 aliphatic rings. The van der Waals surface area contributed by atoms with Crippen molar-refractivity contribution < 1.29 is 14.2 Å². The Morgan fingerprint density at radius 3 is 2.38 bits per heavy atom. The Labute approximate surface area is 191 Å². The third-order valence-corrected chi connectivity index (χ3v) is 5.62. The third kappa shape index (κ3) is 7.05. The summed E-state index contributed by atoms with van der Waals surface area (Å²) in [6, 6.07) is 14.0. The van der Waals surface area contributed by atoms with E-state index in [-0.39, 0.29) is 0 Å². The van der Waals surface area contributed by atoms with Crippen molar-refractivity contribution in [3.8, 4) is 17.2 Å². The summed E-state index contributed by atoms with van der Waals surface area (Å²) in [6.07, 6.45) is 2.24. The van der Waals surface area contributed by atoms with Crippen LogP contribution in [0.1, 0.15) is 32.3 Å². The minimum Gasteiger partial charge on any atom is -0.497 e. The van der Waals surface area contributed by atoms with Crippen LogP contribution in [0.25, 0.3) is 0 Å². The lowest BCUT2D eigenvalue weighted by Crippen LogP contribution is -2.34. The highest BCUT2D eigenvalue weighted by atomic mass is 16.5. The maximum absolute atomic E-state index is 6.19. The Morgan fingerprint density at radius 1 is 1.03 bits per heavy atom. The Kier molecular flexibility index (Phi) is 9.04. The topological polar surface area (TPSA) is 81.3 Å². The molecule has 0 spiro atoms. The second-order valence-electron chi connectivity index (χ2n) is 7.94. The number of hydrogen-bond acceptors (Lipinski definition) is 5. The van der Waals surface area contributed by atoms with Crippen LogP contribution in [0.15, 0.2) is 47.5 Å². The summed E-state index contributed by atoms with van der Waals surface area (Å²) < 4.78 is 16.5. The van der Waals surface area contributed by atoms with Crippen molar-refractivity contribution in [2.45, 2.75) is 33.2 Å². The predicted octanol–water partition coefficient (Wildman–Crippen LogP) is 4.13. The number of piperidine rings is 1. The number of methoxy groups -OCH3 is 1. The number of nitrogens with two attached hydrogens (primary N) is 1. The van der Waals surface area contributed by atoms with Crippen molar-refractivity contribution in [1.29, 1.82) is 0 Å². The van der Waals surface area contributed by atoms with Crippen molar-refractivity contribution in [2.24, 2.45) is 16.6 Å². The van der Waals surface area contributed by atoms with E-state index in [9.17, 15) is 0 Å². The molecule has 1 aliphatic heterocycles. The maximum atomic E-state index is 6.19. The fourth-order valence-corrected chi connectivity index (χ4v) is 3.87. The standard InChI is InChI=1S/C25H36N4O3/c1-4-31-22-10-11-24(32-5-2)23(16-22)28-25(26)27-17-19-12-14-29(15-13-19)18-20-6-8-21(30-3)9-7-20/h6-11,16,19H,4-5,12-15,17-18H2,1-3H3,(H3,26,27,28). The van der Waals surface area contributed by atoms with E-state index in [0.717, 1.165) is 62.0 Å². The fraction of sp³-hybridized carbons (Fsp3) is 0.480. The zero-order chi connectivity index (χ0) is 22.8. The van der Waals surface area contributed by atoms with Crippen molar-refractivity contribution in [3.63, 3.8) is 0 Å². The Bertz CT molecular complexity index is 862. The molecule has 0 unspecified atom stereocenters. The maximum Gasteiger partial charge on any atom is 0.193 e. The van der Waals surface area contributed by atoms with Crippen LogP contribution in [-0.4, -0.2) is 50.8 Å². The summed E-state index contributed by atoms with van der Waals surface area (Å²) in [4.78, 5) is 7.10. The molecule has 1 saturated heterocycles. The van der Waals surface area contributed by atoms with E-state index in [1.807, 2.05) is 44.2 Å². The SMILES string of the molecule is CCOc1ccc(OCC)c(NC(N)=NCC2CCN(Cc3ccc(OC)cc3)CC2)c1. The molecule has 32 heavy (non-hydrogen) atoms. The molecule has 3 rings (SSSR count). The fourth-order valence-electron chi connectivity index (χ4n) is 3.87. The Morgan fingerprint density at radius 2 is 1.72 bits per heavy atom. The van der Waals surface area contributed by atoms with Crippen molar-refractivity contribution in [2.75, 3.05) is 45.3 Å². The number of hydrogen-bond donors (Lipinski definition) is 2. The first-order chi connectivity index (χ1) is 15.6. The van der Waals surface area contributed by atoms with Gasteiger partial charge in [0.25, 0.3) is 0 Å². The molecule has 1 fully saturated rings. The van der Waals surface area contributed by atoms with Crippen LogP contribution in [-0.2, 0) is 6.54 Å². The Hall–Kier alpha value is -2.93. The predicted molar refractivity (Wildman–Crippen MR) is 130 cm³/mol. The lowest BCUT2D eigenvalue weighted by atomic mass is 9.96. The number of nitrogens with zero attached hydrogens (tertiary/aromatic N) is 2. The molecule has 2 aromatic rings. The summed E-state index contributed by atoms with van der Waals surface area (Å²) in [7, 11) is 1.69. The first-order valence-electron chi connectivity index (χ1n) is 11.4. The first kappa shape index (κ1) is 23.7. The molecule has 2 aromatic carbocycles. The van der Waals surface area contributed by atoms with Gasteiger partial charge < -0.3 is 25.3 Å². The van der Waals surface area contributed by atoms with Gasteiger partial charge in [0.15, 0.2) is 5.96 Å². The van der Waals surface area contributed by atoms with Gasteiger partial charge >= 0.3 is 0 Å². The van der Waals surface area contributed by atoms with Gasteiger partial charge in [-0.1, -0.05) is 12.1 Å². The molecular formula is C25H36N4O3. The van der Waals surface area contributed by atoms with Crippen LogP contribution in [0.5, 0.6) is 17.2 Å². The minimum atomic E-state index is 0.403. The van der Waals surface area contributed by atoms with Gasteiger partial charge in [0.05, 0.1) is 26.0 Å². The lowest BCUT2D eigenvalue weighted by Gasteiger charge is -2.31. The van der Waals surface area contributed by atoms with Crippen molar-refractivity contribution >= 4 is 11.6 Å². The molecule has 7 nitrogen and oxygen atoms in total. The number of rotatable bonds is 10. The number of ether oxygens (including phenoxy) is 3. The van der Waals surface area contributed by atoms with Gasteiger partial charge in [0, 0.05) is 19.2 Å². The summed E-state index contributed by atoms with van der Waals surface area (Å²) in [5, 5.41) is 3.19. The normalized spacial score (nSPS) is 15.4. The van der Waals surface area contributed by atoms with E-state index in [2.05, 4.69) is 27.3 Å². The number of nitrogens with one attached hydrogen (secondary N) is 1. The van der Waals surface area contributed by atoms with Crippen LogP contribution < -0.4 is 25.3 Å². The van der Waals surface area contributed by atoms with Crippen LogP contribution in [0.3, 0.4) is 0 Å². The van der Waals surface area contributed by atoms with E-state index < -0.39 is 0 Å². The molecule has 0 aliphatic carbocycles. The second-order valence-corrected chi connectivity index (χ2v) is 7.94. The van der Waals surface area contributed by atoms with Crippen LogP contribution in [0.4, 0.5) is 5.69 Å². The van der Waals surface area contributed by atoms with E-state index in [1.165, 1.54) is 5.56 Å². The van der Waals surface area contributed by atoms with Crippen LogP contribution >= 0.6 is 0 Å². The minimum absolute atomic E-state index is 0.403. The van der Waals surface area contributed by atoms with E-state index in [1.54, 1.807) is 7.11 Å². The average Bonchev–Trinajstić information content (AvgIpc) is 2.81. The number of guanidine groups is 1. The highest BCUT2D eigenvalue weighted by Crippen LogP contribution is 2.29. The van der Waals surface area contributed by atoms with Crippen molar-refractivity contribution in [1.82, 2.24) is 4.90 Å². The number of anilines is 1.